The monoisotopic (exact) mass is 211 g/mol. The maximum atomic E-state index is 10.8. The largest absolute Gasteiger partial charge is 0.479 e. The Balaban J connectivity index is 3.25. The summed E-state index contributed by atoms with van der Waals surface area (Å²) in [7, 11) is -4.84. The Labute approximate surface area is 74.3 Å². The molecule has 1 fully saturated rings. The summed E-state index contributed by atoms with van der Waals surface area (Å²) in [6.45, 7) is -0.0912. The minimum Gasteiger partial charge on any atom is -0.479 e. The molecule has 76 valence electrons. The van der Waals surface area contributed by atoms with Crippen molar-refractivity contribution in [1.29, 1.82) is 0 Å². The predicted octanol–water partition coefficient (Wildman–Crippen LogP) is -0.860. The molecule has 3 N–H and O–H groups in total. The molecule has 0 aromatic heterocycles. The number of aliphatic carboxylic acids is 1. The topological polar surface area (TPSA) is 115 Å². The van der Waals surface area contributed by atoms with Gasteiger partial charge in [0.2, 0.25) is 0 Å². The normalized spacial score (nSPS) is 30.6. The van der Waals surface area contributed by atoms with Crippen LogP contribution in [-0.2, 0) is 14.9 Å². The zero-order chi connectivity index (χ0) is 10.3. The summed E-state index contributed by atoms with van der Waals surface area (Å²) in [6, 6.07) is 0. The van der Waals surface area contributed by atoms with Crippen molar-refractivity contribution in [1.82, 2.24) is 5.06 Å². The molecule has 13 heavy (non-hydrogen) atoms. The maximum Gasteiger partial charge on any atom is 0.344 e. The standard InChI is InChI=1S/C5H9NO6S/c7-4(8)5(13(10,11)12)2-1-3-6(5)9/h9H,1-3H2,(H,7,8)(H,10,11,12). The third kappa shape index (κ3) is 1.31. The molecule has 1 heterocycles. The molecule has 0 aromatic rings. The fraction of sp³-hybridized carbons (Fsp3) is 0.800. The van der Waals surface area contributed by atoms with Crippen LogP contribution >= 0.6 is 0 Å². The quantitative estimate of drug-likeness (QED) is 0.509. The zero-order valence-electron chi connectivity index (χ0n) is 6.54. The number of carboxylic acids is 1. The molecule has 0 aromatic carbocycles. The van der Waals surface area contributed by atoms with E-state index in [-0.39, 0.29) is 24.4 Å². The Bertz CT molecular complexity index is 324. The number of carbonyl (C=O) groups is 1. The molecular formula is C5H9NO6S. The summed E-state index contributed by atoms with van der Waals surface area (Å²) in [4.78, 5) is 8.06. The van der Waals surface area contributed by atoms with Gasteiger partial charge in [-0.05, 0) is 12.8 Å². The summed E-state index contributed by atoms with van der Waals surface area (Å²) in [6.07, 6.45) is -0.125. The number of hydrogen-bond acceptors (Lipinski definition) is 5. The van der Waals surface area contributed by atoms with Crippen LogP contribution in [0.25, 0.3) is 0 Å². The Morgan fingerprint density at radius 3 is 2.15 bits per heavy atom. The number of hydroxylamine groups is 2. The van der Waals surface area contributed by atoms with E-state index in [2.05, 4.69) is 0 Å². The second-order valence-electron chi connectivity index (χ2n) is 2.79. The lowest BCUT2D eigenvalue weighted by atomic mass is 10.2. The van der Waals surface area contributed by atoms with Crippen LogP contribution in [0.5, 0.6) is 0 Å². The lowest BCUT2D eigenvalue weighted by Crippen LogP contribution is -2.54. The highest BCUT2D eigenvalue weighted by Crippen LogP contribution is 2.32. The van der Waals surface area contributed by atoms with Crippen molar-refractivity contribution >= 4 is 16.1 Å². The molecule has 0 spiro atoms. The molecule has 1 aliphatic heterocycles. The number of carboxylic acid groups (broad SMARTS) is 1. The zero-order valence-corrected chi connectivity index (χ0v) is 7.36. The smallest absolute Gasteiger partial charge is 0.344 e. The SMILES string of the molecule is O=C(O)C1(S(=O)(=O)O)CCCN1O. The van der Waals surface area contributed by atoms with E-state index in [0.29, 0.717) is 0 Å². The van der Waals surface area contributed by atoms with Gasteiger partial charge in [-0.25, -0.2) is 4.79 Å². The first-order valence-corrected chi connectivity index (χ1v) is 4.93. The van der Waals surface area contributed by atoms with Crippen LogP contribution in [0, 0.1) is 0 Å². The van der Waals surface area contributed by atoms with Crippen molar-refractivity contribution in [3.8, 4) is 0 Å². The molecule has 1 rings (SSSR count). The van der Waals surface area contributed by atoms with Gasteiger partial charge in [0.05, 0.1) is 0 Å². The molecule has 7 nitrogen and oxygen atoms in total. The van der Waals surface area contributed by atoms with Crippen LogP contribution in [0.3, 0.4) is 0 Å². The van der Waals surface area contributed by atoms with E-state index in [9.17, 15) is 13.2 Å². The van der Waals surface area contributed by atoms with Crippen LogP contribution in [0.1, 0.15) is 12.8 Å². The Kier molecular flexibility index (Phi) is 2.32. The molecule has 0 amide bonds. The van der Waals surface area contributed by atoms with Gasteiger partial charge in [0.25, 0.3) is 15.0 Å². The summed E-state index contributed by atoms with van der Waals surface area (Å²) < 4.78 is 30.3. The predicted molar refractivity (Wildman–Crippen MR) is 39.6 cm³/mol. The molecule has 0 saturated carbocycles. The highest BCUT2D eigenvalue weighted by atomic mass is 32.2. The van der Waals surface area contributed by atoms with Gasteiger partial charge in [-0.1, -0.05) is 0 Å². The molecule has 1 aliphatic rings. The molecule has 8 heteroatoms. The Hall–Kier alpha value is -0.700. The lowest BCUT2D eigenvalue weighted by Gasteiger charge is -2.25. The minimum absolute atomic E-state index is 0.0912. The number of nitrogens with zero attached hydrogens (tertiary/aromatic N) is 1. The molecule has 0 aliphatic carbocycles. The van der Waals surface area contributed by atoms with Crippen molar-refractivity contribution in [3.05, 3.63) is 0 Å². The first-order chi connectivity index (χ1) is 5.82. The van der Waals surface area contributed by atoms with Crippen LogP contribution in [0.4, 0.5) is 0 Å². The van der Waals surface area contributed by atoms with E-state index < -0.39 is 21.0 Å². The van der Waals surface area contributed by atoms with E-state index in [1.807, 2.05) is 0 Å². The van der Waals surface area contributed by atoms with E-state index in [4.69, 9.17) is 14.9 Å². The fourth-order valence-electron chi connectivity index (χ4n) is 1.37. The summed E-state index contributed by atoms with van der Waals surface area (Å²) in [5, 5.41) is 17.8. The number of hydrogen-bond donors (Lipinski definition) is 3. The van der Waals surface area contributed by atoms with E-state index in [0.717, 1.165) is 0 Å². The second kappa shape index (κ2) is 2.91. The van der Waals surface area contributed by atoms with E-state index in [1.54, 1.807) is 0 Å². The van der Waals surface area contributed by atoms with E-state index in [1.165, 1.54) is 0 Å². The second-order valence-corrected chi connectivity index (χ2v) is 4.42. The third-order valence-electron chi connectivity index (χ3n) is 2.06. The van der Waals surface area contributed by atoms with Gasteiger partial charge in [0, 0.05) is 6.54 Å². The average Bonchev–Trinajstić information content (AvgIpc) is 2.29. The van der Waals surface area contributed by atoms with Gasteiger partial charge < -0.3 is 10.3 Å². The first kappa shape index (κ1) is 10.4. The van der Waals surface area contributed by atoms with Gasteiger partial charge in [-0.3, -0.25) is 4.55 Å². The van der Waals surface area contributed by atoms with Crippen molar-refractivity contribution in [2.45, 2.75) is 17.7 Å². The first-order valence-electron chi connectivity index (χ1n) is 3.49. The third-order valence-corrected chi connectivity index (χ3v) is 3.51. The molecule has 1 unspecified atom stereocenters. The summed E-state index contributed by atoms with van der Waals surface area (Å²) in [5.41, 5.74) is 0. The van der Waals surface area contributed by atoms with Crippen molar-refractivity contribution in [2.75, 3.05) is 6.54 Å². The van der Waals surface area contributed by atoms with Gasteiger partial charge in [0.1, 0.15) is 0 Å². The van der Waals surface area contributed by atoms with Gasteiger partial charge in [-0.15, -0.1) is 0 Å². The highest BCUT2D eigenvalue weighted by molar-refractivity contribution is 7.88. The van der Waals surface area contributed by atoms with Gasteiger partial charge in [-0.2, -0.15) is 13.5 Å². The summed E-state index contributed by atoms with van der Waals surface area (Å²) in [5.74, 6) is -1.77. The maximum absolute atomic E-state index is 10.8. The molecule has 0 bridgehead atoms. The molecule has 0 radical (unpaired) electrons. The van der Waals surface area contributed by atoms with Crippen molar-refractivity contribution in [2.24, 2.45) is 0 Å². The number of rotatable bonds is 2. The van der Waals surface area contributed by atoms with Crippen LogP contribution in [0.2, 0.25) is 0 Å². The van der Waals surface area contributed by atoms with Crippen molar-refractivity contribution < 1.29 is 28.1 Å². The molecule has 1 saturated heterocycles. The molecular weight excluding hydrogens is 202 g/mol. The summed E-state index contributed by atoms with van der Waals surface area (Å²) >= 11 is 0. The highest BCUT2D eigenvalue weighted by Gasteiger charge is 2.58. The Morgan fingerprint density at radius 1 is 1.46 bits per heavy atom. The van der Waals surface area contributed by atoms with Gasteiger partial charge in [0.15, 0.2) is 0 Å². The minimum atomic E-state index is -4.84. The fourth-order valence-corrected chi connectivity index (χ4v) is 2.35. The van der Waals surface area contributed by atoms with Crippen molar-refractivity contribution in [3.63, 3.8) is 0 Å². The van der Waals surface area contributed by atoms with Crippen LogP contribution < -0.4 is 0 Å². The average molecular weight is 211 g/mol. The van der Waals surface area contributed by atoms with Gasteiger partial charge >= 0.3 is 5.97 Å². The van der Waals surface area contributed by atoms with Crippen LogP contribution in [-0.4, -0.2) is 45.7 Å². The lowest BCUT2D eigenvalue weighted by molar-refractivity contribution is -0.169. The molecule has 1 atom stereocenters. The van der Waals surface area contributed by atoms with Crippen LogP contribution in [0.15, 0.2) is 0 Å². The Morgan fingerprint density at radius 2 is 2.00 bits per heavy atom. The van der Waals surface area contributed by atoms with E-state index >= 15 is 0 Å².